The van der Waals surface area contributed by atoms with E-state index in [1.807, 2.05) is 0 Å². The van der Waals surface area contributed by atoms with Gasteiger partial charge in [0.25, 0.3) is 0 Å². The molecule has 2 atom stereocenters. The van der Waals surface area contributed by atoms with Crippen molar-refractivity contribution in [3.8, 4) is 0 Å². The van der Waals surface area contributed by atoms with Crippen LogP contribution in [0.25, 0.3) is 0 Å². The summed E-state index contributed by atoms with van der Waals surface area (Å²) in [6, 6.07) is 10.4. The lowest BCUT2D eigenvalue weighted by molar-refractivity contribution is 0.193. The fraction of sp³-hybridized carbons (Fsp3) is 0.625. The summed E-state index contributed by atoms with van der Waals surface area (Å²) in [5, 5.41) is 3.69. The molecule has 2 aliphatic rings. The number of hydrogen-bond donors (Lipinski definition) is 1. The van der Waals surface area contributed by atoms with Gasteiger partial charge in [0.15, 0.2) is 0 Å². The summed E-state index contributed by atoms with van der Waals surface area (Å²) in [4.78, 5) is 2.54. The molecule has 18 heavy (non-hydrogen) atoms. The zero-order valence-electron chi connectivity index (χ0n) is 11.4. The van der Waals surface area contributed by atoms with Crippen LogP contribution in [0.1, 0.15) is 42.9 Å². The van der Waals surface area contributed by atoms with Gasteiger partial charge in [-0.3, -0.25) is 4.90 Å². The maximum Gasteiger partial charge on any atom is 0.0362 e. The average Bonchev–Trinajstić information content (AvgIpc) is 2.43. The number of fused-ring (bicyclic) bond motifs is 1. The standard InChI is InChI=1S/C16H24N2/c1-18-11-9-13-6-2-3-8-15(13)16(18)12-14-7-4-5-10-17-14/h2-3,6,8,14,16-17H,4-5,7,9-12H2,1H3. The molecular formula is C16H24N2. The molecule has 1 aromatic rings. The van der Waals surface area contributed by atoms with E-state index in [2.05, 4.69) is 41.5 Å². The highest BCUT2D eigenvalue weighted by atomic mass is 15.1. The topological polar surface area (TPSA) is 15.3 Å². The highest BCUT2D eigenvalue weighted by molar-refractivity contribution is 5.32. The Balaban J connectivity index is 1.77. The molecule has 2 aliphatic heterocycles. The zero-order valence-corrected chi connectivity index (χ0v) is 11.4. The molecule has 0 saturated carbocycles. The molecule has 98 valence electrons. The van der Waals surface area contributed by atoms with E-state index in [-0.39, 0.29) is 0 Å². The van der Waals surface area contributed by atoms with Crippen LogP contribution in [0, 0.1) is 0 Å². The van der Waals surface area contributed by atoms with Crippen molar-refractivity contribution in [3.63, 3.8) is 0 Å². The smallest absolute Gasteiger partial charge is 0.0362 e. The van der Waals surface area contributed by atoms with Crippen molar-refractivity contribution >= 4 is 0 Å². The second kappa shape index (κ2) is 5.41. The van der Waals surface area contributed by atoms with Crippen LogP contribution >= 0.6 is 0 Å². The Morgan fingerprint density at radius 1 is 1.28 bits per heavy atom. The van der Waals surface area contributed by atoms with Gasteiger partial charge < -0.3 is 5.32 Å². The second-order valence-electron chi connectivity index (χ2n) is 5.83. The van der Waals surface area contributed by atoms with Crippen LogP contribution in [0.3, 0.4) is 0 Å². The SMILES string of the molecule is CN1CCc2ccccc2C1CC1CCCCN1. The monoisotopic (exact) mass is 244 g/mol. The van der Waals surface area contributed by atoms with E-state index in [9.17, 15) is 0 Å². The summed E-state index contributed by atoms with van der Waals surface area (Å²) in [5.41, 5.74) is 3.13. The normalized spacial score (nSPS) is 28.9. The largest absolute Gasteiger partial charge is 0.314 e. The maximum atomic E-state index is 3.69. The molecule has 1 fully saturated rings. The van der Waals surface area contributed by atoms with Crippen molar-refractivity contribution in [1.29, 1.82) is 0 Å². The van der Waals surface area contributed by atoms with Crippen molar-refractivity contribution in [3.05, 3.63) is 35.4 Å². The average molecular weight is 244 g/mol. The first-order valence-electron chi connectivity index (χ1n) is 7.36. The van der Waals surface area contributed by atoms with Gasteiger partial charge in [0.2, 0.25) is 0 Å². The Morgan fingerprint density at radius 2 is 2.17 bits per heavy atom. The Bertz CT molecular complexity index is 396. The van der Waals surface area contributed by atoms with E-state index in [1.165, 1.54) is 45.2 Å². The quantitative estimate of drug-likeness (QED) is 0.860. The van der Waals surface area contributed by atoms with Crippen LogP contribution in [0.15, 0.2) is 24.3 Å². The minimum atomic E-state index is 0.616. The fourth-order valence-electron chi connectivity index (χ4n) is 3.48. The minimum absolute atomic E-state index is 0.616. The summed E-state index contributed by atoms with van der Waals surface area (Å²) in [5.74, 6) is 0. The highest BCUT2D eigenvalue weighted by Crippen LogP contribution is 2.33. The molecule has 0 radical (unpaired) electrons. The van der Waals surface area contributed by atoms with Gasteiger partial charge in [-0.2, -0.15) is 0 Å². The number of nitrogens with zero attached hydrogens (tertiary/aromatic N) is 1. The summed E-state index contributed by atoms with van der Waals surface area (Å²) >= 11 is 0. The molecule has 3 rings (SSSR count). The molecule has 2 heteroatoms. The van der Waals surface area contributed by atoms with Crippen molar-refractivity contribution in [2.24, 2.45) is 0 Å². The van der Waals surface area contributed by atoms with Gasteiger partial charge in [0.1, 0.15) is 0 Å². The summed E-state index contributed by atoms with van der Waals surface area (Å²) in [6.45, 7) is 2.41. The van der Waals surface area contributed by atoms with Crippen LogP contribution in [0.4, 0.5) is 0 Å². The third kappa shape index (κ3) is 2.45. The van der Waals surface area contributed by atoms with E-state index in [1.54, 1.807) is 11.1 Å². The molecule has 0 spiro atoms. The van der Waals surface area contributed by atoms with Gasteiger partial charge in [-0.05, 0) is 50.4 Å². The predicted molar refractivity (Wildman–Crippen MR) is 75.8 cm³/mol. The number of rotatable bonds is 2. The minimum Gasteiger partial charge on any atom is -0.314 e. The molecule has 2 nitrogen and oxygen atoms in total. The molecule has 0 amide bonds. The number of nitrogens with one attached hydrogen (secondary N) is 1. The molecule has 0 aliphatic carbocycles. The molecule has 2 heterocycles. The summed E-state index contributed by atoms with van der Waals surface area (Å²) in [6.07, 6.45) is 6.59. The lowest BCUT2D eigenvalue weighted by atomic mass is 9.87. The number of likely N-dealkylation sites (N-methyl/N-ethyl adjacent to an activating group) is 1. The molecular weight excluding hydrogens is 220 g/mol. The maximum absolute atomic E-state index is 3.69. The van der Waals surface area contributed by atoms with E-state index in [4.69, 9.17) is 0 Å². The Labute approximate surface area is 110 Å². The molecule has 1 aromatic carbocycles. The number of hydrogen-bond acceptors (Lipinski definition) is 2. The van der Waals surface area contributed by atoms with Gasteiger partial charge in [-0.1, -0.05) is 30.7 Å². The fourth-order valence-corrected chi connectivity index (χ4v) is 3.48. The summed E-state index contributed by atoms with van der Waals surface area (Å²) in [7, 11) is 2.28. The molecule has 0 aromatic heterocycles. The number of piperidine rings is 1. The molecule has 1 saturated heterocycles. The van der Waals surface area contributed by atoms with Crippen LogP contribution in [-0.2, 0) is 6.42 Å². The number of benzene rings is 1. The first-order chi connectivity index (χ1) is 8.84. The van der Waals surface area contributed by atoms with E-state index < -0.39 is 0 Å². The van der Waals surface area contributed by atoms with Crippen LogP contribution in [0.2, 0.25) is 0 Å². The van der Waals surface area contributed by atoms with E-state index in [0.717, 1.165) is 6.04 Å². The van der Waals surface area contributed by atoms with Crippen LogP contribution in [-0.4, -0.2) is 31.1 Å². The Morgan fingerprint density at radius 3 is 3.00 bits per heavy atom. The van der Waals surface area contributed by atoms with Crippen LogP contribution in [0.5, 0.6) is 0 Å². The van der Waals surface area contributed by atoms with Crippen molar-refractivity contribution in [1.82, 2.24) is 10.2 Å². The lowest BCUT2D eigenvalue weighted by Crippen LogP contribution is -2.40. The van der Waals surface area contributed by atoms with Gasteiger partial charge in [-0.15, -0.1) is 0 Å². The van der Waals surface area contributed by atoms with Crippen molar-refractivity contribution < 1.29 is 0 Å². The van der Waals surface area contributed by atoms with Gasteiger partial charge >= 0.3 is 0 Å². The molecule has 1 N–H and O–H groups in total. The lowest BCUT2D eigenvalue weighted by Gasteiger charge is -2.37. The molecule has 0 bridgehead atoms. The Hall–Kier alpha value is -0.860. The highest BCUT2D eigenvalue weighted by Gasteiger charge is 2.27. The first kappa shape index (κ1) is 12.2. The third-order valence-electron chi connectivity index (χ3n) is 4.60. The second-order valence-corrected chi connectivity index (χ2v) is 5.83. The van der Waals surface area contributed by atoms with Crippen LogP contribution < -0.4 is 5.32 Å². The van der Waals surface area contributed by atoms with Gasteiger partial charge in [-0.25, -0.2) is 0 Å². The van der Waals surface area contributed by atoms with E-state index >= 15 is 0 Å². The summed E-state index contributed by atoms with van der Waals surface area (Å²) < 4.78 is 0. The van der Waals surface area contributed by atoms with Crippen molar-refractivity contribution in [2.75, 3.05) is 20.1 Å². The first-order valence-corrected chi connectivity index (χ1v) is 7.36. The third-order valence-corrected chi connectivity index (χ3v) is 4.60. The van der Waals surface area contributed by atoms with E-state index in [0.29, 0.717) is 6.04 Å². The molecule has 2 unspecified atom stereocenters. The van der Waals surface area contributed by atoms with Crippen molar-refractivity contribution in [2.45, 2.75) is 44.2 Å². The Kier molecular flexibility index (Phi) is 3.67. The predicted octanol–water partition coefficient (Wildman–Crippen LogP) is 2.75. The van der Waals surface area contributed by atoms with Gasteiger partial charge in [0.05, 0.1) is 0 Å². The van der Waals surface area contributed by atoms with Gasteiger partial charge in [0, 0.05) is 18.6 Å². The zero-order chi connectivity index (χ0) is 12.4.